The number of ether oxygens (including phenoxy) is 2. The Bertz CT molecular complexity index is 1090. The van der Waals surface area contributed by atoms with E-state index in [1.807, 2.05) is 25.1 Å². The Labute approximate surface area is 183 Å². The van der Waals surface area contributed by atoms with Crippen LogP contribution in [0.3, 0.4) is 0 Å². The zero-order chi connectivity index (χ0) is 23.1. The highest BCUT2D eigenvalue weighted by Gasteiger charge is 2.29. The first-order chi connectivity index (χ1) is 15.3. The van der Waals surface area contributed by atoms with Gasteiger partial charge >= 0.3 is 6.18 Å². The van der Waals surface area contributed by atoms with Gasteiger partial charge in [0, 0.05) is 6.07 Å². The molecule has 1 heterocycles. The fourth-order valence-corrected chi connectivity index (χ4v) is 2.96. The summed E-state index contributed by atoms with van der Waals surface area (Å²) in [5.41, 5.74) is 0.828. The number of rotatable bonds is 8. The van der Waals surface area contributed by atoms with Crippen molar-refractivity contribution in [2.75, 3.05) is 19.0 Å². The number of methoxy groups -OCH3 is 1. The third-order valence-electron chi connectivity index (χ3n) is 4.50. The monoisotopic (exact) mass is 445 g/mol. The molecule has 2 aromatic carbocycles. The van der Waals surface area contributed by atoms with Gasteiger partial charge in [0.1, 0.15) is 5.82 Å². The predicted molar refractivity (Wildman–Crippen MR) is 115 cm³/mol. The second kappa shape index (κ2) is 10.0. The van der Waals surface area contributed by atoms with Gasteiger partial charge in [0.25, 0.3) is 5.91 Å². The van der Waals surface area contributed by atoms with Crippen LogP contribution >= 0.6 is 0 Å². The number of amides is 1. The molecule has 0 fully saturated rings. The van der Waals surface area contributed by atoms with Crippen molar-refractivity contribution >= 4 is 17.8 Å². The van der Waals surface area contributed by atoms with Gasteiger partial charge in [0.2, 0.25) is 0 Å². The molecule has 1 N–H and O–H groups in total. The summed E-state index contributed by atoms with van der Waals surface area (Å²) in [7, 11) is 1.52. The number of allylic oxidation sites excluding steroid dienone is 1. The summed E-state index contributed by atoms with van der Waals surface area (Å²) in [5, 5.41) is 6.81. The lowest BCUT2D eigenvalue weighted by atomic mass is 10.1. The first-order valence-corrected chi connectivity index (χ1v) is 9.71. The van der Waals surface area contributed by atoms with E-state index in [2.05, 4.69) is 10.4 Å². The Morgan fingerprint density at radius 2 is 1.88 bits per heavy atom. The van der Waals surface area contributed by atoms with Crippen molar-refractivity contribution in [2.45, 2.75) is 19.6 Å². The van der Waals surface area contributed by atoms with Crippen LogP contribution in [0.1, 0.15) is 23.6 Å². The highest BCUT2D eigenvalue weighted by molar-refractivity contribution is 5.91. The Morgan fingerprint density at radius 3 is 2.53 bits per heavy atom. The molecule has 1 aromatic heterocycles. The van der Waals surface area contributed by atoms with Crippen molar-refractivity contribution in [3.8, 4) is 11.5 Å². The number of alkyl halides is 3. The molecule has 1 amide bonds. The van der Waals surface area contributed by atoms with Crippen LogP contribution in [0.15, 0.2) is 60.8 Å². The molecule has 0 spiro atoms. The number of nitrogens with zero attached hydrogens (tertiary/aromatic N) is 2. The average Bonchev–Trinajstić information content (AvgIpc) is 3.19. The molecule has 168 valence electrons. The van der Waals surface area contributed by atoms with Crippen LogP contribution in [-0.2, 0) is 17.5 Å². The van der Waals surface area contributed by atoms with E-state index in [0.29, 0.717) is 22.9 Å². The number of anilines is 1. The molecule has 0 aliphatic rings. The van der Waals surface area contributed by atoms with E-state index in [1.54, 1.807) is 18.2 Å². The van der Waals surface area contributed by atoms with E-state index in [-0.39, 0.29) is 13.2 Å². The van der Waals surface area contributed by atoms with E-state index in [4.69, 9.17) is 9.47 Å². The van der Waals surface area contributed by atoms with Crippen molar-refractivity contribution < 1.29 is 27.4 Å². The number of hydrogen-bond acceptors (Lipinski definition) is 4. The normalized spacial score (nSPS) is 11.5. The number of nitrogens with one attached hydrogen (secondary N) is 1. The molecule has 0 atom stereocenters. The van der Waals surface area contributed by atoms with Gasteiger partial charge in [-0.05, 0) is 42.3 Å². The summed E-state index contributed by atoms with van der Waals surface area (Å²) >= 11 is 0. The van der Waals surface area contributed by atoms with Crippen molar-refractivity contribution in [3.05, 3.63) is 77.5 Å². The first-order valence-electron chi connectivity index (χ1n) is 9.71. The molecule has 9 heteroatoms. The average molecular weight is 445 g/mol. The fraction of sp³-hybridized carbons (Fsp3) is 0.217. The van der Waals surface area contributed by atoms with Gasteiger partial charge < -0.3 is 14.8 Å². The molecule has 3 rings (SSSR count). The lowest BCUT2D eigenvalue weighted by Gasteiger charge is -2.13. The molecule has 0 bridgehead atoms. The lowest BCUT2D eigenvalue weighted by molar-refractivity contribution is -0.137. The van der Waals surface area contributed by atoms with Crippen molar-refractivity contribution in [1.82, 2.24) is 9.78 Å². The van der Waals surface area contributed by atoms with E-state index in [0.717, 1.165) is 17.7 Å². The van der Waals surface area contributed by atoms with E-state index in [1.165, 1.54) is 30.1 Å². The molecule has 32 heavy (non-hydrogen) atoms. The van der Waals surface area contributed by atoms with Crippen LogP contribution in [0.5, 0.6) is 11.5 Å². The summed E-state index contributed by atoms with van der Waals surface area (Å²) in [6.45, 7) is 1.84. The molecule has 0 saturated carbocycles. The molecular formula is C23H22F3N3O3. The number of carbonyl (C=O) groups is 1. The Morgan fingerprint density at radius 1 is 1.12 bits per heavy atom. The SMILES string of the molecule is C/C=C/c1ccc(OCC(=O)Nc2ccnn2Cc2ccc(C(F)(F)F)cc2)c(OC)c1. The minimum absolute atomic E-state index is 0.196. The van der Waals surface area contributed by atoms with Gasteiger partial charge in [-0.15, -0.1) is 0 Å². The second-order valence-electron chi connectivity index (χ2n) is 6.82. The van der Waals surface area contributed by atoms with Gasteiger partial charge in [-0.1, -0.05) is 30.4 Å². The summed E-state index contributed by atoms with van der Waals surface area (Å²) < 4.78 is 50.5. The molecule has 0 aliphatic carbocycles. The van der Waals surface area contributed by atoms with Crippen LogP contribution in [0.25, 0.3) is 6.08 Å². The molecule has 0 saturated heterocycles. The van der Waals surface area contributed by atoms with Crippen LogP contribution in [-0.4, -0.2) is 29.4 Å². The van der Waals surface area contributed by atoms with Crippen molar-refractivity contribution in [2.24, 2.45) is 0 Å². The second-order valence-corrected chi connectivity index (χ2v) is 6.82. The zero-order valence-corrected chi connectivity index (χ0v) is 17.5. The highest BCUT2D eigenvalue weighted by atomic mass is 19.4. The van der Waals surface area contributed by atoms with E-state index in [9.17, 15) is 18.0 Å². The molecule has 6 nitrogen and oxygen atoms in total. The summed E-state index contributed by atoms with van der Waals surface area (Å²) in [6.07, 6.45) is 0.913. The zero-order valence-electron chi connectivity index (χ0n) is 17.5. The number of carbonyl (C=O) groups excluding carboxylic acids is 1. The first kappa shape index (κ1) is 22.9. The molecule has 0 aliphatic heterocycles. The number of halogens is 3. The third-order valence-corrected chi connectivity index (χ3v) is 4.50. The number of hydrogen-bond donors (Lipinski definition) is 1. The maximum Gasteiger partial charge on any atom is 0.416 e. The van der Waals surface area contributed by atoms with Crippen molar-refractivity contribution in [3.63, 3.8) is 0 Å². The largest absolute Gasteiger partial charge is 0.493 e. The highest BCUT2D eigenvalue weighted by Crippen LogP contribution is 2.30. The number of aromatic nitrogens is 2. The Balaban J connectivity index is 1.61. The summed E-state index contributed by atoms with van der Waals surface area (Å²) in [5.74, 6) is 0.905. The molecule has 3 aromatic rings. The maximum absolute atomic E-state index is 12.7. The Hall–Kier alpha value is -3.75. The minimum Gasteiger partial charge on any atom is -0.493 e. The summed E-state index contributed by atoms with van der Waals surface area (Å²) in [6, 6.07) is 11.7. The maximum atomic E-state index is 12.7. The van der Waals surface area contributed by atoms with Gasteiger partial charge in [0.05, 0.1) is 25.4 Å². The molecule has 0 unspecified atom stereocenters. The van der Waals surface area contributed by atoms with Gasteiger partial charge in [0.15, 0.2) is 18.1 Å². The van der Waals surface area contributed by atoms with E-state index >= 15 is 0 Å². The quantitative estimate of drug-likeness (QED) is 0.530. The summed E-state index contributed by atoms with van der Waals surface area (Å²) in [4.78, 5) is 12.4. The molecular weight excluding hydrogens is 423 g/mol. The fourth-order valence-electron chi connectivity index (χ4n) is 2.96. The number of benzene rings is 2. The smallest absolute Gasteiger partial charge is 0.416 e. The van der Waals surface area contributed by atoms with E-state index < -0.39 is 17.6 Å². The van der Waals surface area contributed by atoms with Crippen LogP contribution < -0.4 is 14.8 Å². The standard InChI is InChI=1S/C23H22F3N3O3/c1-3-4-16-7-10-19(20(13-16)31-2)32-15-22(30)28-21-11-12-27-29(21)14-17-5-8-18(9-6-17)23(24,25)26/h3-13H,14-15H2,1-2H3,(H,28,30)/b4-3+. The lowest BCUT2D eigenvalue weighted by Crippen LogP contribution is -2.22. The van der Waals surface area contributed by atoms with Crippen LogP contribution in [0, 0.1) is 0 Å². The predicted octanol–water partition coefficient (Wildman–Crippen LogP) is 5.01. The van der Waals surface area contributed by atoms with Gasteiger partial charge in [-0.2, -0.15) is 18.3 Å². The minimum atomic E-state index is -4.39. The Kier molecular flexibility index (Phi) is 7.19. The van der Waals surface area contributed by atoms with Crippen LogP contribution in [0.4, 0.5) is 19.0 Å². The van der Waals surface area contributed by atoms with Gasteiger partial charge in [-0.3, -0.25) is 4.79 Å². The molecule has 0 radical (unpaired) electrons. The topological polar surface area (TPSA) is 65.4 Å². The van der Waals surface area contributed by atoms with Gasteiger partial charge in [-0.25, -0.2) is 4.68 Å². The van der Waals surface area contributed by atoms with Crippen LogP contribution in [0.2, 0.25) is 0 Å². The third kappa shape index (κ3) is 5.90. The van der Waals surface area contributed by atoms with Crippen molar-refractivity contribution in [1.29, 1.82) is 0 Å².